The van der Waals surface area contributed by atoms with Crippen molar-refractivity contribution in [2.45, 2.75) is 78.4 Å². The Hall–Kier alpha value is -3.02. The number of benzene rings is 1. The zero-order valence-corrected chi connectivity index (χ0v) is 26.3. The molecule has 0 spiro atoms. The number of carbonyl (C=O) groups excluding carboxylic acids is 3. The molecule has 0 radical (unpaired) electrons. The van der Waals surface area contributed by atoms with Gasteiger partial charge < -0.3 is 30.3 Å². The van der Waals surface area contributed by atoms with E-state index >= 15 is 4.39 Å². The molecule has 2 saturated heterocycles. The van der Waals surface area contributed by atoms with Crippen molar-refractivity contribution in [3.63, 3.8) is 0 Å². The van der Waals surface area contributed by atoms with Crippen molar-refractivity contribution in [1.82, 2.24) is 15.1 Å². The molecule has 2 fully saturated rings. The minimum Gasteiger partial charge on any atom is -0.493 e. The Morgan fingerprint density at radius 1 is 1.17 bits per heavy atom. The number of urea groups is 1. The number of ether oxygens (including phenoxy) is 2. The quantitative estimate of drug-likeness (QED) is 0.222. The van der Waals surface area contributed by atoms with E-state index in [1.165, 1.54) is 6.07 Å². The lowest BCUT2D eigenvalue weighted by atomic mass is 9.92. The summed E-state index contributed by atoms with van der Waals surface area (Å²) in [4.78, 5) is 45.3. The van der Waals surface area contributed by atoms with Crippen molar-refractivity contribution in [3.8, 4) is 5.75 Å². The molecule has 12 heteroatoms. The first-order valence-electron chi connectivity index (χ1n) is 14.7. The number of nitrogens with one attached hydrogen (secondary N) is 1. The molecule has 4 amide bonds. The Morgan fingerprint density at radius 2 is 1.88 bits per heavy atom. The van der Waals surface area contributed by atoms with E-state index < -0.39 is 23.6 Å². The molecule has 10 nitrogen and oxygen atoms in total. The van der Waals surface area contributed by atoms with Crippen LogP contribution in [-0.4, -0.2) is 83.2 Å². The van der Waals surface area contributed by atoms with Gasteiger partial charge >= 0.3 is 12.1 Å². The van der Waals surface area contributed by atoms with Gasteiger partial charge in [-0.15, -0.1) is 11.8 Å². The lowest BCUT2D eigenvalue weighted by Crippen LogP contribution is -2.50. The van der Waals surface area contributed by atoms with Gasteiger partial charge in [-0.3, -0.25) is 4.79 Å². The van der Waals surface area contributed by atoms with Crippen LogP contribution in [0.3, 0.4) is 0 Å². The van der Waals surface area contributed by atoms with Gasteiger partial charge in [-0.1, -0.05) is 19.9 Å². The van der Waals surface area contributed by atoms with Crippen LogP contribution in [0.15, 0.2) is 23.2 Å². The van der Waals surface area contributed by atoms with Crippen molar-refractivity contribution in [2.24, 2.45) is 22.6 Å². The summed E-state index contributed by atoms with van der Waals surface area (Å²) in [5.41, 5.74) is 5.41. The Balaban J connectivity index is 1.47. The summed E-state index contributed by atoms with van der Waals surface area (Å²) in [6, 6.07) is 3.40. The number of hydrogen-bond acceptors (Lipinski definition) is 6. The summed E-state index contributed by atoms with van der Waals surface area (Å²) in [6.07, 6.45) is 2.86. The van der Waals surface area contributed by atoms with E-state index in [9.17, 15) is 14.4 Å². The van der Waals surface area contributed by atoms with E-state index in [2.05, 4.69) is 10.3 Å². The molecule has 1 unspecified atom stereocenters. The summed E-state index contributed by atoms with van der Waals surface area (Å²) >= 11 is 1.64. The number of likely N-dealkylation sites (tertiary alicyclic amines) is 1. The second-order valence-electron chi connectivity index (χ2n) is 12.2. The van der Waals surface area contributed by atoms with Gasteiger partial charge in [0.2, 0.25) is 5.91 Å². The fraction of sp³-hybridized carbons (Fsp3) is 0.667. The minimum absolute atomic E-state index is 0.00192. The van der Waals surface area contributed by atoms with Gasteiger partial charge in [0.25, 0.3) is 0 Å². The number of nitrogens with zero attached hydrogens (tertiary/aromatic N) is 3. The number of amides is 4. The van der Waals surface area contributed by atoms with Gasteiger partial charge in [0.1, 0.15) is 29.0 Å². The maximum atomic E-state index is 15.1. The Bertz CT molecular complexity index is 1110. The third-order valence-corrected chi connectivity index (χ3v) is 8.19. The third-order valence-electron chi connectivity index (χ3n) is 7.23. The standard InChI is InChI=1S/C30H46FN5O5S/c1-20(2)26(32)34-28(38)35-12-10-21(11-13-35)7-6-15-40-23-9-8-22(24(31)18-23)17-25(27(37)36-14-16-42-19-36)33-29(39)41-30(3,4)5/h8-9,18,20-21,25H,6-7,10-17,19H2,1-5H3,(H,33,39)(H2,32,34,38). The second-order valence-corrected chi connectivity index (χ2v) is 13.3. The largest absolute Gasteiger partial charge is 0.493 e. The van der Waals surface area contributed by atoms with Gasteiger partial charge in [0, 0.05) is 43.8 Å². The summed E-state index contributed by atoms with van der Waals surface area (Å²) < 4.78 is 26.2. The first kappa shape index (κ1) is 33.5. The number of carbonyl (C=O) groups is 3. The van der Waals surface area contributed by atoms with E-state index in [0.717, 1.165) is 31.4 Å². The molecule has 1 atom stereocenters. The molecule has 0 bridgehead atoms. The molecule has 3 rings (SSSR count). The normalized spacial score (nSPS) is 17.4. The molecule has 42 heavy (non-hydrogen) atoms. The molecular formula is C30H46FN5O5S. The van der Waals surface area contributed by atoms with E-state index in [4.69, 9.17) is 15.2 Å². The number of piperidine rings is 1. The number of nitrogens with two attached hydrogens (primary N) is 1. The molecule has 2 heterocycles. The smallest absolute Gasteiger partial charge is 0.408 e. The van der Waals surface area contributed by atoms with Crippen LogP contribution < -0.4 is 15.8 Å². The number of hydrogen-bond donors (Lipinski definition) is 2. The highest BCUT2D eigenvalue weighted by Gasteiger charge is 2.31. The highest BCUT2D eigenvalue weighted by Crippen LogP contribution is 2.24. The van der Waals surface area contributed by atoms with Crippen LogP contribution in [0.2, 0.25) is 0 Å². The molecule has 1 aromatic carbocycles. The Morgan fingerprint density at radius 3 is 2.48 bits per heavy atom. The van der Waals surface area contributed by atoms with Crippen LogP contribution in [0.1, 0.15) is 65.9 Å². The van der Waals surface area contributed by atoms with Crippen molar-refractivity contribution in [2.75, 3.05) is 37.9 Å². The highest BCUT2D eigenvalue weighted by molar-refractivity contribution is 7.99. The summed E-state index contributed by atoms with van der Waals surface area (Å²) in [6.45, 7) is 11.4. The maximum absolute atomic E-state index is 15.1. The monoisotopic (exact) mass is 607 g/mol. The van der Waals surface area contributed by atoms with Crippen LogP contribution in [0, 0.1) is 17.7 Å². The number of amidine groups is 1. The zero-order valence-electron chi connectivity index (χ0n) is 25.5. The molecule has 2 aliphatic rings. The topological polar surface area (TPSA) is 127 Å². The van der Waals surface area contributed by atoms with Gasteiger partial charge in [-0.25, -0.2) is 14.0 Å². The predicted octanol–water partition coefficient (Wildman–Crippen LogP) is 4.80. The molecule has 2 aliphatic heterocycles. The molecule has 1 aromatic rings. The SMILES string of the molecule is CC(C)/C(N)=N/C(=O)N1CCC(CCCOc2ccc(CC(NC(=O)OC(C)(C)C)C(=O)N3CCSC3)c(F)c2)CC1. The lowest BCUT2D eigenvalue weighted by molar-refractivity contribution is -0.132. The minimum atomic E-state index is -0.944. The van der Waals surface area contributed by atoms with Gasteiger partial charge in [0.05, 0.1) is 12.5 Å². The molecule has 0 aliphatic carbocycles. The van der Waals surface area contributed by atoms with E-state index in [0.29, 0.717) is 55.2 Å². The number of thioether (sulfide) groups is 1. The lowest BCUT2D eigenvalue weighted by Gasteiger charge is -2.30. The van der Waals surface area contributed by atoms with Crippen LogP contribution >= 0.6 is 11.8 Å². The fourth-order valence-corrected chi connectivity index (χ4v) is 5.70. The second kappa shape index (κ2) is 15.5. The van der Waals surface area contributed by atoms with Crippen molar-refractivity contribution >= 4 is 35.6 Å². The van der Waals surface area contributed by atoms with Crippen molar-refractivity contribution < 1.29 is 28.2 Å². The predicted molar refractivity (Wildman–Crippen MR) is 163 cm³/mol. The summed E-state index contributed by atoms with van der Waals surface area (Å²) in [7, 11) is 0. The molecular weight excluding hydrogens is 561 g/mol. The number of halogens is 1. The molecule has 3 N–H and O–H groups in total. The molecule has 0 saturated carbocycles. The first-order chi connectivity index (χ1) is 19.8. The zero-order chi connectivity index (χ0) is 30.9. The third kappa shape index (κ3) is 10.7. The van der Waals surface area contributed by atoms with Crippen molar-refractivity contribution in [3.05, 3.63) is 29.6 Å². The first-order valence-corrected chi connectivity index (χ1v) is 15.9. The molecule has 0 aromatic heterocycles. The summed E-state index contributed by atoms with van der Waals surface area (Å²) in [5, 5.41) is 2.64. The van der Waals surface area contributed by atoms with Crippen LogP contribution in [-0.2, 0) is 16.0 Å². The average molecular weight is 608 g/mol. The van der Waals surface area contributed by atoms with E-state index in [-0.39, 0.29) is 24.3 Å². The Labute approximate surface area is 252 Å². The van der Waals surface area contributed by atoms with Crippen LogP contribution in [0.4, 0.5) is 14.0 Å². The van der Waals surface area contributed by atoms with Gasteiger partial charge in [-0.05, 0) is 64.0 Å². The maximum Gasteiger partial charge on any atom is 0.408 e. The average Bonchev–Trinajstić information content (AvgIpc) is 3.46. The summed E-state index contributed by atoms with van der Waals surface area (Å²) in [5.74, 6) is 1.92. The molecule has 234 valence electrons. The van der Waals surface area contributed by atoms with Crippen molar-refractivity contribution in [1.29, 1.82) is 0 Å². The number of rotatable bonds is 10. The Kier molecular flexibility index (Phi) is 12.3. The van der Waals surface area contributed by atoms with Gasteiger partial charge in [0.15, 0.2) is 0 Å². The van der Waals surface area contributed by atoms with Crippen LogP contribution in [0.5, 0.6) is 5.75 Å². The number of aliphatic imine (C=N–C) groups is 1. The number of alkyl carbamates (subject to hydrolysis) is 1. The van der Waals surface area contributed by atoms with Crippen LogP contribution in [0.25, 0.3) is 0 Å². The van der Waals surface area contributed by atoms with Gasteiger partial charge in [-0.2, -0.15) is 4.99 Å². The highest BCUT2D eigenvalue weighted by atomic mass is 32.2. The van der Waals surface area contributed by atoms with E-state index in [1.54, 1.807) is 54.5 Å². The van der Waals surface area contributed by atoms with E-state index in [1.807, 2.05) is 13.8 Å². The fourth-order valence-electron chi connectivity index (χ4n) is 4.75.